The molecular weight excluding hydrogens is 272 g/mol. The van der Waals surface area contributed by atoms with Crippen molar-refractivity contribution in [2.75, 3.05) is 5.32 Å². The minimum atomic E-state index is -1.12. The molecular formula is C9H16N6O3S. The van der Waals surface area contributed by atoms with Crippen molar-refractivity contribution >= 4 is 29.7 Å². The maximum atomic E-state index is 11.6. The molecule has 0 spiro atoms. The molecule has 0 fully saturated rings. The lowest BCUT2D eigenvalue weighted by atomic mass is 10.1. The first-order valence-electron chi connectivity index (χ1n) is 5.55. The highest BCUT2D eigenvalue weighted by atomic mass is 32.2. The van der Waals surface area contributed by atoms with Crippen molar-refractivity contribution in [3.8, 4) is 0 Å². The number of aromatic nitrogens is 4. The predicted octanol–water partition coefficient (Wildman–Crippen LogP) is 0.654. The molecule has 0 aliphatic carbocycles. The summed E-state index contributed by atoms with van der Waals surface area (Å²) in [5, 5.41) is 25.1. The summed E-state index contributed by atoms with van der Waals surface area (Å²) in [6.07, 6.45) is 0.773. The summed E-state index contributed by atoms with van der Waals surface area (Å²) in [7, 11) is 0. The molecule has 2 amide bonds. The number of urea groups is 1. The van der Waals surface area contributed by atoms with E-state index in [1.54, 1.807) is 0 Å². The van der Waals surface area contributed by atoms with Gasteiger partial charge in [0.1, 0.15) is 0 Å². The lowest BCUT2D eigenvalue weighted by Gasteiger charge is -2.26. The van der Waals surface area contributed by atoms with Gasteiger partial charge in [0, 0.05) is 4.75 Å². The molecule has 4 N–H and O–H groups in total. The Hall–Kier alpha value is -1.84. The molecule has 0 aliphatic heterocycles. The molecule has 1 atom stereocenters. The van der Waals surface area contributed by atoms with Crippen LogP contribution < -0.4 is 10.6 Å². The van der Waals surface area contributed by atoms with Gasteiger partial charge in [-0.15, -0.1) is 16.9 Å². The van der Waals surface area contributed by atoms with E-state index in [-0.39, 0.29) is 10.7 Å². The third-order valence-electron chi connectivity index (χ3n) is 2.35. The number of carboxylic acid groups (broad SMARTS) is 1. The summed E-state index contributed by atoms with van der Waals surface area (Å²) in [5.74, 6) is -1.14. The molecule has 0 saturated carbocycles. The number of nitrogens with zero attached hydrogens (tertiary/aromatic N) is 3. The average Bonchev–Trinajstić information content (AvgIpc) is 2.80. The Kier molecular flexibility index (Phi) is 5.10. The van der Waals surface area contributed by atoms with Crippen LogP contribution in [0, 0.1) is 0 Å². The Balaban J connectivity index is 2.58. The van der Waals surface area contributed by atoms with Crippen LogP contribution in [0.15, 0.2) is 0 Å². The van der Waals surface area contributed by atoms with Gasteiger partial charge in [-0.3, -0.25) is 5.32 Å². The van der Waals surface area contributed by atoms with E-state index in [0.29, 0.717) is 0 Å². The zero-order chi connectivity index (χ0) is 14.5. The molecule has 0 bridgehead atoms. The number of thioether (sulfide) groups is 1. The number of H-pyrrole nitrogens is 1. The smallest absolute Gasteiger partial charge is 0.336 e. The molecule has 0 aromatic carbocycles. The molecule has 9 nitrogen and oxygen atoms in total. The van der Waals surface area contributed by atoms with Crippen molar-refractivity contribution in [3.05, 3.63) is 0 Å². The van der Waals surface area contributed by atoms with Crippen LogP contribution in [-0.4, -0.2) is 47.9 Å². The minimum Gasteiger partial charge on any atom is -0.479 e. The highest BCUT2D eigenvalue weighted by Gasteiger charge is 2.28. The fourth-order valence-electron chi connectivity index (χ4n) is 1.02. The maximum Gasteiger partial charge on any atom is 0.336 e. The Bertz CT molecular complexity index is 435. The first-order valence-corrected chi connectivity index (χ1v) is 6.43. The Morgan fingerprint density at radius 2 is 2.21 bits per heavy atom. The van der Waals surface area contributed by atoms with E-state index in [9.17, 15) is 9.59 Å². The molecule has 0 aliphatic rings. The van der Waals surface area contributed by atoms with E-state index in [4.69, 9.17) is 5.11 Å². The molecule has 1 aromatic heterocycles. The Labute approximate surface area is 113 Å². The van der Waals surface area contributed by atoms with Gasteiger partial charge in [-0.25, -0.2) is 9.59 Å². The number of rotatable bonds is 6. The Morgan fingerprint density at radius 3 is 2.68 bits per heavy atom. The number of nitrogens with one attached hydrogen (secondary N) is 3. The lowest BCUT2D eigenvalue weighted by molar-refractivity contribution is -0.136. The standard InChI is InChI=1S/C9H16N6O3S/c1-4-9(2,3)19-5(6(16)17)10-8(18)11-7-12-14-15-13-7/h5H,4H2,1-3H3,(H,16,17)(H3,10,11,12,13,14,15,18). The third kappa shape index (κ3) is 5.12. The van der Waals surface area contributed by atoms with E-state index in [0.717, 1.165) is 18.2 Å². The van der Waals surface area contributed by atoms with Crippen LogP contribution in [0.5, 0.6) is 0 Å². The molecule has 1 rings (SSSR count). The first-order chi connectivity index (χ1) is 8.84. The highest BCUT2D eigenvalue weighted by molar-refractivity contribution is 8.01. The van der Waals surface area contributed by atoms with Crippen molar-refractivity contribution in [3.63, 3.8) is 0 Å². The SMILES string of the molecule is CCC(C)(C)SC(NC(=O)Nc1nn[nH]n1)C(=O)O. The number of carboxylic acids is 1. The number of tetrazole rings is 1. The number of anilines is 1. The van der Waals surface area contributed by atoms with Gasteiger partial charge < -0.3 is 10.4 Å². The van der Waals surface area contributed by atoms with Crippen LogP contribution in [0.3, 0.4) is 0 Å². The van der Waals surface area contributed by atoms with E-state index >= 15 is 0 Å². The summed E-state index contributed by atoms with van der Waals surface area (Å²) in [6, 6.07) is -0.701. The van der Waals surface area contributed by atoms with Crippen LogP contribution in [-0.2, 0) is 4.79 Å². The number of aliphatic carboxylic acids is 1. The van der Waals surface area contributed by atoms with Gasteiger partial charge in [0.25, 0.3) is 5.95 Å². The van der Waals surface area contributed by atoms with Crippen LogP contribution in [0.1, 0.15) is 27.2 Å². The zero-order valence-electron chi connectivity index (χ0n) is 10.8. The second-order valence-electron chi connectivity index (χ2n) is 4.28. The van der Waals surface area contributed by atoms with Gasteiger partial charge in [-0.2, -0.15) is 5.21 Å². The number of amides is 2. The quantitative estimate of drug-likeness (QED) is 0.565. The molecule has 0 saturated heterocycles. The van der Waals surface area contributed by atoms with Crippen LogP contribution in [0.2, 0.25) is 0 Å². The highest BCUT2D eigenvalue weighted by Crippen LogP contribution is 2.30. The van der Waals surface area contributed by atoms with E-state index in [1.807, 2.05) is 20.8 Å². The van der Waals surface area contributed by atoms with Gasteiger partial charge in [-0.1, -0.05) is 25.9 Å². The van der Waals surface area contributed by atoms with Crippen LogP contribution >= 0.6 is 11.8 Å². The molecule has 1 unspecified atom stereocenters. The van der Waals surface area contributed by atoms with E-state index in [1.165, 1.54) is 0 Å². The van der Waals surface area contributed by atoms with Crippen molar-refractivity contribution < 1.29 is 14.7 Å². The Morgan fingerprint density at radius 1 is 1.53 bits per heavy atom. The molecule has 1 heterocycles. The van der Waals surface area contributed by atoms with Gasteiger partial charge >= 0.3 is 12.0 Å². The summed E-state index contributed by atoms with van der Waals surface area (Å²) in [5.41, 5.74) is 0. The number of hydrogen-bond donors (Lipinski definition) is 4. The van der Waals surface area contributed by atoms with Crippen molar-refractivity contribution in [2.24, 2.45) is 0 Å². The maximum absolute atomic E-state index is 11.6. The summed E-state index contributed by atoms with van der Waals surface area (Å²) >= 11 is 1.16. The number of hydrogen-bond acceptors (Lipinski definition) is 6. The average molecular weight is 288 g/mol. The van der Waals surface area contributed by atoms with Gasteiger partial charge in [0.15, 0.2) is 5.37 Å². The van der Waals surface area contributed by atoms with Crippen LogP contribution in [0.25, 0.3) is 0 Å². The van der Waals surface area contributed by atoms with Crippen LogP contribution in [0.4, 0.5) is 10.7 Å². The molecule has 10 heteroatoms. The fraction of sp³-hybridized carbons (Fsp3) is 0.667. The summed E-state index contributed by atoms with van der Waals surface area (Å²) < 4.78 is -0.261. The lowest BCUT2D eigenvalue weighted by Crippen LogP contribution is -2.43. The summed E-state index contributed by atoms with van der Waals surface area (Å²) in [6.45, 7) is 5.77. The van der Waals surface area contributed by atoms with Crippen molar-refractivity contribution in [1.82, 2.24) is 25.9 Å². The zero-order valence-corrected chi connectivity index (χ0v) is 11.6. The molecule has 106 valence electrons. The van der Waals surface area contributed by atoms with E-state index in [2.05, 4.69) is 31.3 Å². The normalized spacial score (nSPS) is 12.8. The first kappa shape index (κ1) is 15.2. The molecule has 1 aromatic rings. The predicted molar refractivity (Wildman–Crippen MR) is 69.7 cm³/mol. The molecule has 0 radical (unpaired) electrons. The van der Waals surface area contributed by atoms with Gasteiger partial charge in [-0.05, 0) is 11.6 Å². The number of carbonyl (C=O) groups is 2. The number of carbonyl (C=O) groups excluding carboxylic acids is 1. The second kappa shape index (κ2) is 6.36. The molecule has 19 heavy (non-hydrogen) atoms. The largest absolute Gasteiger partial charge is 0.479 e. The van der Waals surface area contributed by atoms with Crippen molar-refractivity contribution in [2.45, 2.75) is 37.3 Å². The van der Waals surface area contributed by atoms with E-state index < -0.39 is 17.4 Å². The van der Waals surface area contributed by atoms with Gasteiger partial charge in [0.05, 0.1) is 0 Å². The summed E-state index contributed by atoms with van der Waals surface area (Å²) in [4.78, 5) is 22.7. The topological polar surface area (TPSA) is 133 Å². The van der Waals surface area contributed by atoms with Gasteiger partial charge in [0.2, 0.25) is 0 Å². The fourth-order valence-corrected chi connectivity index (χ4v) is 2.09. The monoisotopic (exact) mass is 288 g/mol. The van der Waals surface area contributed by atoms with Crippen molar-refractivity contribution in [1.29, 1.82) is 0 Å². The second-order valence-corrected chi connectivity index (χ2v) is 6.10. The number of aromatic amines is 1. The minimum absolute atomic E-state index is 0.0265. The third-order valence-corrected chi connectivity index (χ3v) is 3.83.